The lowest BCUT2D eigenvalue weighted by molar-refractivity contribution is -0.124. The highest BCUT2D eigenvalue weighted by atomic mass is 16.5. The third kappa shape index (κ3) is 3.20. The Morgan fingerprint density at radius 3 is 2.82 bits per heavy atom. The Kier molecular flexibility index (Phi) is 3.98. The predicted molar refractivity (Wildman–Crippen MR) is 65.8 cm³/mol. The quantitative estimate of drug-likeness (QED) is 0.814. The van der Waals surface area contributed by atoms with E-state index in [4.69, 9.17) is 4.74 Å². The molecule has 0 spiro atoms. The molecule has 1 fully saturated rings. The van der Waals surface area contributed by atoms with Crippen LogP contribution < -0.4 is 15.4 Å². The van der Waals surface area contributed by atoms with Crippen LogP contribution in [0.1, 0.15) is 12.0 Å². The molecule has 4 heteroatoms. The monoisotopic (exact) mass is 234 g/mol. The Morgan fingerprint density at radius 2 is 2.24 bits per heavy atom. The van der Waals surface area contributed by atoms with E-state index in [0.717, 1.165) is 30.8 Å². The summed E-state index contributed by atoms with van der Waals surface area (Å²) in [6.07, 6.45) is 0.939. The van der Waals surface area contributed by atoms with Crippen molar-refractivity contribution in [3.8, 4) is 5.75 Å². The molecule has 92 valence electrons. The van der Waals surface area contributed by atoms with Crippen molar-refractivity contribution in [2.45, 2.75) is 13.0 Å². The van der Waals surface area contributed by atoms with E-state index in [1.165, 1.54) is 0 Å². The van der Waals surface area contributed by atoms with Gasteiger partial charge in [0.25, 0.3) is 0 Å². The first-order chi connectivity index (χ1) is 8.29. The number of amides is 1. The molecular weight excluding hydrogens is 216 g/mol. The van der Waals surface area contributed by atoms with Gasteiger partial charge in [-0.25, -0.2) is 0 Å². The largest absolute Gasteiger partial charge is 0.497 e. The van der Waals surface area contributed by atoms with Crippen LogP contribution in [0.25, 0.3) is 0 Å². The van der Waals surface area contributed by atoms with Crippen LogP contribution in [0.2, 0.25) is 0 Å². The van der Waals surface area contributed by atoms with E-state index in [2.05, 4.69) is 10.6 Å². The van der Waals surface area contributed by atoms with Gasteiger partial charge in [-0.1, -0.05) is 12.1 Å². The minimum atomic E-state index is 0.133. The van der Waals surface area contributed by atoms with Gasteiger partial charge in [-0.15, -0.1) is 0 Å². The zero-order valence-corrected chi connectivity index (χ0v) is 10.0. The summed E-state index contributed by atoms with van der Waals surface area (Å²) in [7, 11) is 1.64. The van der Waals surface area contributed by atoms with E-state index in [1.807, 2.05) is 24.3 Å². The van der Waals surface area contributed by atoms with Crippen molar-refractivity contribution in [2.24, 2.45) is 5.92 Å². The molecule has 0 saturated carbocycles. The molecule has 2 rings (SSSR count). The summed E-state index contributed by atoms with van der Waals surface area (Å²) >= 11 is 0. The first-order valence-corrected chi connectivity index (χ1v) is 5.91. The molecule has 2 N–H and O–H groups in total. The number of hydrogen-bond acceptors (Lipinski definition) is 3. The Balaban J connectivity index is 1.82. The maximum Gasteiger partial charge on any atom is 0.224 e. The van der Waals surface area contributed by atoms with E-state index in [0.29, 0.717) is 6.54 Å². The maximum atomic E-state index is 11.8. The summed E-state index contributed by atoms with van der Waals surface area (Å²) in [6.45, 7) is 2.33. The van der Waals surface area contributed by atoms with E-state index in [9.17, 15) is 4.79 Å². The van der Waals surface area contributed by atoms with Gasteiger partial charge < -0.3 is 15.4 Å². The van der Waals surface area contributed by atoms with Crippen LogP contribution in [0, 0.1) is 5.92 Å². The molecule has 1 atom stereocenters. The van der Waals surface area contributed by atoms with Crippen molar-refractivity contribution in [3.05, 3.63) is 29.8 Å². The van der Waals surface area contributed by atoms with Crippen LogP contribution >= 0.6 is 0 Å². The zero-order valence-electron chi connectivity index (χ0n) is 10.0. The van der Waals surface area contributed by atoms with Gasteiger partial charge in [0.2, 0.25) is 5.91 Å². The molecule has 17 heavy (non-hydrogen) atoms. The number of ether oxygens (including phenoxy) is 1. The molecule has 1 unspecified atom stereocenters. The molecule has 0 radical (unpaired) electrons. The fourth-order valence-corrected chi connectivity index (χ4v) is 1.96. The molecule has 1 amide bonds. The van der Waals surface area contributed by atoms with Gasteiger partial charge in [0.15, 0.2) is 0 Å². The van der Waals surface area contributed by atoms with Crippen molar-refractivity contribution in [1.82, 2.24) is 10.6 Å². The third-order valence-corrected chi connectivity index (χ3v) is 3.06. The molecule has 0 aliphatic carbocycles. The fourth-order valence-electron chi connectivity index (χ4n) is 1.96. The standard InChI is InChI=1S/C13H18N2O2/c1-17-12-4-2-10(3-5-12)8-15-13(16)11-6-7-14-9-11/h2-5,11,14H,6-9H2,1H3,(H,15,16). The highest BCUT2D eigenvalue weighted by molar-refractivity contribution is 5.79. The smallest absolute Gasteiger partial charge is 0.224 e. The van der Waals surface area contributed by atoms with Crippen molar-refractivity contribution in [3.63, 3.8) is 0 Å². The number of carbonyl (C=O) groups excluding carboxylic acids is 1. The number of methoxy groups -OCH3 is 1. The molecule has 4 nitrogen and oxygen atoms in total. The SMILES string of the molecule is COc1ccc(CNC(=O)C2CCNC2)cc1. The average molecular weight is 234 g/mol. The predicted octanol–water partition coefficient (Wildman–Crippen LogP) is 0.921. The van der Waals surface area contributed by atoms with Crippen LogP contribution in [-0.2, 0) is 11.3 Å². The Bertz CT molecular complexity index is 370. The van der Waals surface area contributed by atoms with Crippen molar-refractivity contribution >= 4 is 5.91 Å². The van der Waals surface area contributed by atoms with Gasteiger partial charge >= 0.3 is 0 Å². The molecular formula is C13H18N2O2. The van der Waals surface area contributed by atoms with Crippen molar-refractivity contribution in [2.75, 3.05) is 20.2 Å². The number of nitrogens with one attached hydrogen (secondary N) is 2. The van der Waals surface area contributed by atoms with Crippen molar-refractivity contribution < 1.29 is 9.53 Å². The topological polar surface area (TPSA) is 50.4 Å². The summed E-state index contributed by atoms with van der Waals surface area (Å²) in [6, 6.07) is 7.73. The fraction of sp³-hybridized carbons (Fsp3) is 0.462. The van der Waals surface area contributed by atoms with Crippen LogP contribution in [-0.4, -0.2) is 26.1 Å². The summed E-state index contributed by atoms with van der Waals surface area (Å²) < 4.78 is 5.08. The highest BCUT2D eigenvalue weighted by Gasteiger charge is 2.21. The molecule has 1 aliphatic heterocycles. The van der Waals surface area contributed by atoms with Gasteiger partial charge in [0.1, 0.15) is 5.75 Å². The van der Waals surface area contributed by atoms with Crippen LogP contribution in [0.4, 0.5) is 0 Å². The summed E-state index contributed by atoms with van der Waals surface area (Å²) in [5.41, 5.74) is 1.09. The number of benzene rings is 1. The first-order valence-electron chi connectivity index (χ1n) is 5.91. The normalized spacial score (nSPS) is 19.0. The lowest BCUT2D eigenvalue weighted by atomic mass is 10.1. The summed E-state index contributed by atoms with van der Waals surface area (Å²) in [5.74, 6) is 1.11. The Morgan fingerprint density at radius 1 is 1.47 bits per heavy atom. The lowest BCUT2D eigenvalue weighted by Gasteiger charge is -2.10. The number of hydrogen-bond donors (Lipinski definition) is 2. The lowest BCUT2D eigenvalue weighted by Crippen LogP contribution is -2.31. The van der Waals surface area contributed by atoms with E-state index >= 15 is 0 Å². The number of rotatable bonds is 4. The molecule has 1 saturated heterocycles. The average Bonchev–Trinajstić information content (AvgIpc) is 2.90. The number of carbonyl (C=O) groups is 1. The van der Waals surface area contributed by atoms with Gasteiger partial charge in [-0.05, 0) is 30.7 Å². The summed E-state index contributed by atoms with van der Waals surface area (Å²) in [5, 5.41) is 6.15. The third-order valence-electron chi connectivity index (χ3n) is 3.06. The van der Waals surface area contributed by atoms with Gasteiger partial charge in [-0.3, -0.25) is 4.79 Å². The zero-order chi connectivity index (χ0) is 12.1. The highest BCUT2D eigenvalue weighted by Crippen LogP contribution is 2.12. The molecule has 0 bridgehead atoms. The minimum absolute atomic E-state index is 0.133. The molecule has 0 aromatic heterocycles. The van der Waals surface area contributed by atoms with Gasteiger partial charge in [-0.2, -0.15) is 0 Å². The van der Waals surface area contributed by atoms with Crippen LogP contribution in [0.3, 0.4) is 0 Å². The van der Waals surface area contributed by atoms with Gasteiger partial charge in [0, 0.05) is 13.1 Å². The second-order valence-corrected chi connectivity index (χ2v) is 4.26. The van der Waals surface area contributed by atoms with E-state index < -0.39 is 0 Å². The molecule has 1 aromatic rings. The van der Waals surface area contributed by atoms with Gasteiger partial charge in [0.05, 0.1) is 13.0 Å². The Hall–Kier alpha value is -1.55. The Labute approximate surface area is 101 Å². The van der Waals surface area contributed by atoms with E-state index in [1.54, 1.807) is 7.11 Å². The molecule has 1 heterocycles. The molecule has 1 aliphatic rings. The second-order valence-electron chi connectivity index (χ2n) is 4.26. The summed E-state index contributed by atoms with van der Waals surface area (Å²) in [4.78, 5) is 11.8. The van der Waals surface area contributed by atoms with E-state index in [-0.39, 0.29) is 11.8 Å². The molecule has 1 aromatic carbocycles. The first kappa shape index (κ1) is 11.9. The van der Waals surface area contributed by atoms with Crippen molar-refractivity contribution in [1.29, 1.82) is 0 Å². The maximum absolute atomic E-state index is 11.8. The minimum Gasteiger partial charge on any atom is -0.497 e. The van der Waals surface area contributed by atoms with Crippen LogP contribution in [0.15, 0.2) is 24.3 Å². The van der Waals surface area contributed by atoms with Crippen LogP contribution in [0.5, 0.6) is 5.75 Å². The second kappa shape index (κ2) is 5.68.